The molecule has 0 saturated carbocycles. The summed E-state index contributed by atoms with van der Waals surface area (Å²) in [4.78, 5) is 0. The Kier molecular flexibility index (Phi) is 4.17. The van der Waals surface area contributed by atoms with E-state index in [2.05, 4.69) is 101 Å². The number of hydrogen-bond donors (Lipinski definition) is 0. The smallest absolute Gasteiger partial charge is 0.00794 e. The van der Waals surface area contributed by atoms with Gasteiger partial charge in [-0.2, -0.15) is 0 Å². The van der Waals surface area contributed by atoms with Crippen molar-refractivity contribution in [3.63, 3.8) is 0 Å². The van der Waals surface area contributed by atoms with Crippen molar-refractivity contribution in [3.8, 4) is 22.3 Å². The lowest BCUT2D eigenvalue weighted by molar-refractivity contribution is 1.33. The molecule has 0 saturated heterocycles. The van der Waals surface area contributed by atoms with Crippen LogP contribution >= 0.6 is 0 Å². The van der Waals surface area contributed by atoms with Crippen molar-refractivity contribution >= 4 is 11.1 Å². The van der Waals surface area contributed by atoms with Crippen LogP contribution < -0.4 is 0 Å². The van der Waals surface area contributed by atoms with E-state index >= 15 is 0 Å². The van der Waals surface area contributed by atoms with Gasteiger partial charge in [0.25, 0.3) is 0 Å². The fourth-order valence-electron chi connectivity index (χ4n) is 4.64. The average Bonchev–Trinajstić information content (AvgIpc) is 2.89. The molecule has 0 heteroatoms. The van der Waals surface area contributed by atoms with E-state index < -0.39 is 0 Å². The van der Waals surface area contributed by atoms with Gasteiger partial charge in [0.2, 0.25) is 0 Å². The lowest BCUT2D eigenvalue weighted by atomic mass is 9.79. The van der Waals surface area contributed by atoms with Crippen LogP contribution in [0, 0.1) is 20.8 Å². The topological polar surface area (TPSA) is 0 Å². The first-order valence-electron chi connectivity index (χ1n) is 10.4. The molecule has 29 heavy (non-hydrogen) atoms. The van der Waals surface area contributed by atoms with Crippen molar-refractivity contribution < 1.29 is 0 Å². The molecule has 3 aromatic rings. The minimum absolute atomic E-state index is 0.957. The summed E-state index contributed by atoms with van der Waals surface area (Å²) in [5.41, 5.74) is 16.1. The highest BCUT2D eigenvalue weighted by atomic mass is 14.3. The first-order chi connectivity index (χ1) is 14.0. The molecule has 0 atom stereocenters. The third kappa shape index (κ3) is 3.00. The Labute approximate surface area is 173 Å². The molecule has 0 radical (unpaired) electrons. The maximum absolute atomic E-state index is 2.37. The van der Waals surface area contributed by atoms with E-state index in [1.807, 2.05) is 0 Å². The highest BCUT2D eigenvalue weighted by molar-refractivity contribution is 6.07. The van der Waals surface area contributed by atoms with Gasteiger partial charge in [-0.05, 0) is 78.6 Å². The fourth-order valence-corrected chi connectivity index (χ4v) is 4.64. The van der Waals surface area contributed by atoms with Gasteiger partial charge in [0.05, 0.1) is 0 Å². The van der Waals surface area contributed by atoms with Crippen molar-refractivity contribution in [1.82, 2.24) is 0 Å². The molecule has 0 heterocycles. The van der Waals surface area contributed by atoms with E-state index in [-0.39, 0.29) is 0 Å². The molecule has 2 aliphatic carbocycles. The van der Waals surface area contributed by atoms with Gasteiger partial charge < -0.3 is 0 Å². The second-order valence-corrected chi connectivity index (χ2v) is 8.52. The van der Waals surface area contributed by atoms with Gasteiger partial charge in [-0.1, -0.05) is 95.1 Å². The van der Waals surface area contributed by atoms with E-state index in [0.29, 0.717) is 0 Å². The Morgan fingerprint density at radius 1 is 0.517 bits per heavy atom. The molecule has 0 bridgehead atoms. The van der Waals surface area contributed by atoms with Crippen molar-refractivity contribution in [2.45, 2.75) is 34.1 Å². The van der Waals surface area contributed by atoms with Crippen LogP contribution in [0.25, 0.3) is 33.4 Å². The molecular weight excluding hydrogens is 348 g/mol. The highest BCUT2D eigenvalue weighted by Gasteiger charge is 2.23. The van der Waals surface area contributed by atoms with Crippen molar-refractivity contribution in [1.29, 1.82) is 0 Å². The van der Waals surface area contributed by atoms with Gasteiger partial charge in [0, 0.05) is 0 Å². The lowest BCUT2D eigenvalue weighted by Crippen LogP contribution is -2.01. The highest BCUT2D eigenvalue weighted by Crippen LogP contribution is 2.47. The van der Waals surface area contributed by atoms with Crippen LogP contribution in [-0.4, -0.2) is 0 Å². The van der Waals surface area contributed by atoms with E-state index in [9.17, 15) is 0 Å². The average molecular weight is 375 g/mol. The zero-order valence-corrected chi connectivity index (χ0v) is 17.6. The molecule has 5 rings (SSSR count). The minimum atomic E-state index is 0.957. The number of aryl methyl sites for hydroxylation is 3. The lowest BCUT2D eigenvalue weighted by Gasteiger charge is -2.25. The van der Waals surface area contributed by atoms with Crippen LogP contribution in [0.15, 0.2) is 78.4 Å². The monoisotopic (exact) mass is 374 g/mol. The van der Waals surface area contributed by atoms with E-state index in [0.717, 1.165) is 6.42 Å². The summed E-state index contributed by atoms with van der Waals surface area (Å²) in [7, 11) is 0. The Bertz CT molecular complexity index is 1250. The summed E-state index contributed by atoms with van der Waals surface area (Å²) in [6.07, 6.45) is 7.91. The Hall–Kier alpha value is -3.12. The Balaban J connectivity index is 1.97. The molecule has 142 valence electrons. The second-order valence-electron chi connectivity index (χ2n) is 8.52. The molecule has 0 aromatic heterocycles. The number of benzene rings is 3. The number of rotatable bonds is 0. The van der Waals surface area contributed by atoms with Crippen molar-refractivity contribution in [2.24, 2.45) is 0 Å². The Morgan fingerprint density at radius 2 is 1.03 bits per heavy atom. The van der Waals surface area contributed by atoms with Crippen LogP contribution in [0.1, 0.15) is 41.2 Å². The predicted octanol–water partition coefficient (Wildman–Crippen LogP) is 8.08. The molecule has 0 nitrogen and oxygen atoms in total. The van der Waals surface area contributed by atoms with Crippen molar-refractivity contribution in [2.75, 3.05) is 0 Å². The number of hydrogen-bond acceptors (Lipinski definition) is 0. The summed E-state index contributed by atoms with van der Waals surface area (Å²) >= 11 is 0. The first-order valence-corrected chi connectivity index (χ1v) is 10.4. The Morgan fingerprint density at radius 3 is 1.69 bits per heavy atom. The molecule has 0 unspecified atom stereocenters. The van der Waals surface area contributed by atoms with Crippen molar-refractivity contribution in [3.05, 3.63) is 106 Å². The molecule has 0 spiro atoms. The van der Waals surface area contributed by atoms with Crippen LogP contribution in [0.5, 0.6) is 0 Å². The van der Waals surface area contributed by atoms with E-state index in [1.54, 1.807) is 0 Å². The molecule has 0 N–H and O–H groups in total. The summed E-state index contributed by atoms with van der Waals surface area (Å²) < 4.78 is 0. The van der Waals surface area contributed by atoms with Crippen LogP contribution in [0.3, 0.4) is 0 Å². The normalized spacial score (nSPS) is 14.7. The molecular formula is C29H26. The van der Waals surface area contributed by atoms with Gasteiger partial charge in [0.1, 0.15) is 0 Å². The van der Waals surface area contributed by atoms with Gasteiger partial charge in [0.15, 0.2) is 0 Å². The minimum Gasteiger partial charge on any atom is -0.0772 e. The molecule has 0 fully saturated rings. The molecule has 2 aliphatic rings. The van der Waals surface area contributed by atoms with Gasteiger partial charge in [-0.25, -0.2) is 0 Å². The molecule has 3 aromatic carbocycles. The first kappa shape index (κ1) is 17.9. The van der Waals surface area contributed by atoms with Gasteiger partial charge in [-0.3, -0.25) is 0 Å². The van der Waals surface area contributed by atoms with Gasteiger partial charge in [-0.15, -0.1) is 0 Å². The number of fused-ring (bicyclic) bond motifs is 7. The van der Waals surface area contributed by atoms with E-state index in [4.69, 9.17) is 0 Å². The third-order valence-electron chi connectivity index (χ3n) is 6.19. The van der Waals surface area contributed by atoms with Crippen LogP contribution in [0.4, 0.5) is 0 Å². The summed E-state index contributed by atoms with van der Waals surface area (Å²) in [6, 6.07) is 20.8. The number of allylic oxidation sites excluding steroid dienone is 6. The third-order valence-corrected chi connectivity index (χ3v) is 6.19. The zero-order chi connectivity index (χ0) is 20.1. The maximum Gasteiger partial charge on any atom is -0.00794 e. The summed E-state index contributed by atoms with van der Waals surface area (Å²) in [5.74, 6) is 0. The quantitative estimate of drug-likeness (QED) is 0.373. The SMILES string of the molecule is CC1=CCC2=C(C=C1)c1ccc(C)cc1-c1cc(C)ccc1-c1ccc(C)cc12. The maximum atomic E-state index is 2.37. The summed E-state index contributed by atoms with van der Waals surface area (Å²) in [5, 5.41) is 0. The van der Waals surface area contributed by atoms with E-state index in [1.165, 1.54) is 66.8 Å². The van der Waals surface area contributed by atoms with Crippen LogP contribution in [0.2, 0.25) is 0 Å². The largest absolute Gasteiger partial charge is 0.0772 e. The molecule has 0 aliphatic heterocycles. The fraction of sp³-hybridized carbons (Fsp3) is 0.172. The standard InChI is InChI=1S/C29H26/c1-18-5-10-22-23(11-6-18)27-15-19(2)8-13-25(27)26-14-9-21(4)17-29(26)28-16-20(3)7-12-24(22)28/h5-10,12-17H,11H2,1-4H3. The molecule has 0 amide bonds. The van der Waals surface area contributed by atoms with Crippen LogP contribution in [-0.2, 0) is 0 Å². The predicted molar refractivity (Wildman–Crippen MR) is 126 cm³/mol. The summed E-state index contributed by atoms with van der Waals surface area (Å²) in [6.45, 7) is 8.77. The second kappa shape index (κ2) is 6.74. The zero-order valence-electron chi connectivity index (χ0n) is 17.6. The van der Waals surface area contributed by atoms with Gasteiger partial charge >= 0.3 is 0 Å².